The molecule has 0 radical (unpaired) electrons. The Hall–Kier alpha value is -1.30. The second kappa shape index (κ2) is 4.52. The van der Waals surface area contributed by atoms with Crippen molar-refractivity contribution in [3.8, 4) is 0 Å². The Labute approximate surface area is 105 Å². The Balaban J connectivity index is 2.28. The van der Waals surface area contributed by atoms with E-state index in [4.69, 9.17) is 0 Å². The van der Waals surface area contributed by atoms with Crippen LogP contribution in [0.25, 0.3) is 5.57 Å². The minimum Gasteiger partial charge on any atom is -0.0779 e. The van der Waals surface area contributed by atoms with Gasteiger partial charge in [-0.15, -0.1) is 0 Å². The van der Waals surface area contributed by atoms with Crippen molar-refractivity contribution in [2.24, 2.45) is 5.41 Å². The van der Waals surface area contributed by atoms with Crippen molar-refractivity contribution in [3.05, 3.63) is 53.6 Å². The van der Waals surface area contributed by atoms with Gasteiger partial charge in [0.1, 0.15) is 0 Å². The van der Waals surface area contributed by atoms with E-state index >= 15 is 0 Å². The molecular weight excluding hydrogens is 204 g/mol. The second-order valence-corrected chi connectivity index (χ2v) is 5.97. The molecule has 0 heterocycles. The molecule has 0 saturated heterocycles. The highest BCUT2D eigenvalue weighted by atomic mass is 14.2. The summed E-state index contributed by atoms with van der Waals surface area (Å²) in [6.07, 6.45) is 8.08. The zero-order valence-electron chi connectivity index (χ0n) is 11.3. The minimum absolute atomic E-state index is 0.319. The SMILES string of the molecule is CC(C)c1cccc(C2=CCC(C)(C)C=C2)c1. The normalized spacial score (nSPS) is 18.3. The zero-order chi connectivity index (χ0) is 12.5. The molecule has 0 fully saturated rings. The van der Waals surface area contributed by atoms with Crippen LogP contribution in [0, 0.1) is 5.41 Å². The molecule has 0 spiro atoms. The Bertz CT molecular complexity index is 459. The van der Waals surface area contributed by atoms with Gasteiger partial charge in [0.15, 0.2) is 0 Å². The summed E-state index contributed by atoms with van der Waals surface area (Å²) in [5.74, 6) is 0.597. The van der Waals surface area contributed by atoms with Crippen LogP contribution in [0.5, 0.6) is 0 Å². The average Bonchev–Trinajstić information content (AvgIpc) is 2.29. The van der Waals surface area contributed by atoms with Crippen LogP contribution in [0.4, 0.5) is 0 Å². The molecule has 0 nitrogen and oxygen atoms in total. The van der Waals surface area contributed by atoms with Gasteiger partial charge in [-0.2, -0.15) is 0 Å². The standard InChI is InChI=1S/C17H22/c1-13(2)15-6-5-7-16(12-15)14-8-10-17(3,4)11-9-14/h5-10,12-13H,11H2,1-4H3. The van der Waals surface area contributed by atoms with Crippen molar-refractivity contribution < 1.29 is 0 Å². The molecule has 0 heteroatoms. The van der Waals surface area contributed by atoms with E-state index in [1.807, 2.05) is 0 Å². The van der Waals surface area contributed by atoms with Crippen molar-refractivity contribution in [1.29, 1.82) is 0 Å². The van der Waals surface area contributed by atoms with E-state index in [-0.39, 0.29) is 0 Å². The predicted octanol–water partition coefficient (Wildman–Crippen LogP) is 5.18. The number of hydrogen-bond acceptors (Lipinski definition) is 0. The summed E-state index contributed by atoms with van der Waals surface area (Å²) in [5, 5.41) is 0. The smallest absolute Gasteiger partial charge is 0.0137 e. The predicted molar refractivity (Wildman–Crippen MR) is 76.0 cm³/mol. The van der Waals surface area contributed by atoms with E-state index in [0.29, 0.717) is 11.3 Å². The molecule has 0 amide bonds. The monoisotopic (exact) mass is 226 g/mol. The third kappa shape index (κ3) is 2.88. The third-order valence-corrected chi connectivity index (χ3v) is 3.45. The van der Waals surface area contributed by atoms with Gasteiger partial charge in [0.2, 0.25) is 0 Å². The van der Waals surface area contributed by atoms with Gasteiger partial charge in [-0.05, 0) is 34.5 Å². The van der Waals surface area contributed by atoms with Crippen LogP contribution >= 0.6 is 0 Å². The molecule has 2 rings (SSSR count). The van der Waals surface area contributed by atoms with E-state index < -0.39 is 0 Å². The van der Waals surface area contributed by atoms with Gasteiger partial charge in [-0.25, -0.2) is 0 Å². The first-order valence-corrected chi connectivity index (χ1v) is 6.48. The molecule has 0 aromatic heterocycles. The topological polar surface area (TPSA) is 0 Å². The molecular formula is C17H22. The van der Waals surface area contributed by atoms with Crippen molar-refractivity contribution in [2.75, 3.05) is 0 Å². The van der Waals surface area contributed by atoms with Gasteiger partial charge in [0.05, 0.1) is 0 Å². The Morgan fingerprint density at radius 2 is 1.94 bits per heavy atom. The van der Waals surface area contributed by atoms with E-state index in [0.717, 1.165) is 6.42 Å². The molecule has 0 bridgehead atoms. The Morgan fingerprint density at radius 1 is 1.18 bits per heavy atom. The van der Waals surface area contributed by atoms with Crippen molar-refractivity contribution >= 4 is 5.57 Å². The molecule has 1 aliphatic rings. The molecule has 1 aromatic carbocycles. The largest absolute Gasteiger partial charge is 0.0779 e. The van der Waals surface area contributed by atoms with Crippen LogP contribution in [0.15, 0.2) is 42.5 Å². The van der Waals surface area contributed by atoms with Crippen molar-refractivity contribution in [1.82, 2.24) is 0 Å². The number of benzene rings is 1. The highest BCUT2D eigenvalue weighted by Crippen LogP contribution is 2.32. The summed E-state index contributed by atoms with van der Waals surface area (Å²) in [7, 11) is 0. The zero-order valence-corrected chi connectivity index (χ0v) is 11.3. The number of hydrogen-bond donors (Lipinski definition) is 0. The summed E-state index contributed by atoms with van der Waals surface area (Å²) in [6.45, 7) is 9.04. The van der Waals surface area contributed by atoms with Crippen LogP contribution in [-0.2, 0) is 0 Å². The molecule has 17 heavy (non-hydrogen) atoms. The van der Waals surface area contributed by atoms with Crippen LogP contribution in [-0.4, -0.2) is 0 Å². The fourth-order valence-electron chi connectivity index (χ4n) is 2.12. The summed E-state index contributed by atoms with van der Waals surface area (Å²) in [5.41, 5.74) is 4.45. The minimum atomic E-state index is 0.319. The Kier molecular flexibility index (Phi) is 3.24. The molecule has 0 saturated carbocycles. The highest BCUT2D eigenvalue weighted by Gasteiger charge is 2.16. The van der Waals surface area contributed by atoms with Crippen molar-refractivity contribution in [3.63, 3.8) is 0 Å². The second-order valence-electron chi connectivity index (χ2n) is 5.97. The summed E-state index contributed by atoms with van der Waals surface area (Å²) < 4.78 is 0. The van der Waals surface area contributed by atoms with Crippen LogP contribution in [0.1, 0.15) is 51.2 Å². The molecule has 0 N–H and O–H groups in total. The highest BCUT2D eigenvalue weighted by molar-refractivity contribution is 5.75. The van der Waals surface area contributed by atoms with Gasteiger partial charge in [-0.3, -0.25) is 0 Å². The summed E-state index contributed by atoms with van der Waals surface area (Å²) in [6, 6.07) is 8.91. The average molecular weight is 226 g/mol. The Morgan fingerprint density at radius 3 is 2.53 bits per heavy atom. The fraction of sp³-hybridized carbons (Fsp3) is 0.412. The lowest BCUT2D eigenvalue weighted by atomic mass is 9.82. The number of rotatable bonds is 2. The van der Waals surface area contributed by atoms with Crippen LogP contribution in [0.3, 0.4) is 0 Å². The summed E-state index contributed by atoms with van der Waals surface area (Å²) >= 11 is 0. The van der Waals surface area contributed by atoms with Gasteiger partial charge in [0, 0.05) is 0 Å². The maximum absolute atomic E-state index is 2.36. The van der Waals surface area contributed by atoms with Gasteiger partial charge in [0.25, 0.3) is 0 Å². The lowest BCUT2D eigenvalue weighted by molar-refractivity contribution is 0.485. The van der Waals surface area contributed by atoms with Gasteiger partial charge in [-0.1, -0.05) is 70.2 Å². The maximum Gasteiger partial charge on any atom is -0.0137 e. The van der Waals surface area contributed by atoms with E-state index in [1.54, 1.807) is 0 Å². The first-order valence-electron chi connectivity index (χ1n) is 6.48. The molecule has 0 unspecified atom stereocenters. The van der Waals surface area contributed by atoms with E-state index in [1.165, 1.54) is 16.7 Å². The number of allylic oxidation sites excluding steroid dienone is 4. The lowest BCUT2D eigenvalue weighted by Crippen LogP contribution is -2.08. The van der Waals surface area contributed by atoms with Crippen LogP contribution < -0.4 is 0 Å². The quantitative estimate of drug-likeness (QED) is 0.652. The van der Waals surface area contributed by atoms with E-state index in [2.05, 4.69) is 70.2 Å². The maximum atomic E-state index is 2.36. The van der Waals surface area contributed by atoms with Crippen LogP contribution in [0.2, 0.25) is 0 Å². The van der Waals surface area contributed by atoms with Gasteiger partial charge < -0.3 is 0 Å². The van der Waals surface area contributed by atoms with E-state index in [9.17, 15) is 0 Å². The molecule has 0 atom stereocenters. The molecule has 1 aromatic rings. The summed E-state index contributed by atoms with van der Waals surface area (Å²) in [4.78, 5) is 0. The van der Waals surface area contributed by atoms with Crippen molar-refractivity contribution in [2.45, 2.75) is 40.0 Å². The first-order chi connectivity index (χ1) is 7.98. The molecule has 0 aliphatic heterocycles. The lowest BCUT2D eigenvalue weighted by Gasteiger charge is -2.23. The fourth-order valence-corrected chi connectivity index (χ4v) is 2.12. The third-order valence-electron chi connectivity index (χ3n) is 3.45. The molecule has 90 valence electrons. The van der Waals surface area contributed by atoms with Gasteiger partial charge >= 0.3 is 0 Å². The first kappa shape index (κ1) is 12.2. The molecule has 1 aliphatic carbocycles.